The largest absolute Gasteiger partial charge is 0.396 e. The molecule has 1 aliphatic heterocycles. The quantitative estimate of drug-likeness (QED) is 0.814. The van der Waals surface area contributed by atoms with Crippen LogP contribution in [0.5, 0.6) is 0 Å². The predicted octanol–water partition coefficient (Wildman–Crippen LogP) is 3.26. The van der Waals surface area contributed by atoms with Crippen LogP contribution in [0.15, 0.2) is 0 Å². The van der Waals surface area contributed by atoms with Crippen molar-refractivity contribution in [2.24, 2.45) is 5.41 Å². The molecule has 0 amide bonds. The molecule has 2 aliphatic rings. The van der Waals surface area contributed by atoms with E-state index in [1.165, 1.54) is 44.9 Å². The summed E-state index contributed by atoms with van der Waals surface area (Å²) in [4.78, 5) is 0. The Hall–Kier alpha value is -0.120. The molecule has 2 rings (SSSR count). The van der Waals surface area contributed by atoms with Crippen molar-refractivity contribution in [2.75, 3.05) is 13.2 Å². The zero-order valence-electron chi connectivity index (χ0n) is 13.6. The van der Waals surface area contributed by atoms with Gasteiger partial charge in [0.2, 0.25) is 0 Å². The first-order valence-corrected chi connectivity index (χ1v) is 8.47. The highest BCUT2D eigenvalue weighted by atomic mass is 16.5. The van der Waals surface area contributed by atoms with Crippen molar-refractivity contribution < 1.29 is 9.84 Å². The maximum atomic E-state index is 9.22. The van der Waals surface area contributed by atoms with E-state index in [0.29, 0.717) is 12.1 Å². The molecule has 0 radical (unpaired) electrons. The van der Waals surface area contributed by atoms with E-state index in [-0.39, 0.29) is 17.6 Å². The lowest BCUT2D eigenvalue weighted by molar-refractivity contribution is -0.0638. The van der Waals surface area contributed by atoms with Crippen LogP contribution in [-0.2, 0) is 4.74 Å². The van der Waals surface area contributed by atoms with E-state index in [1.54, 1.807) is 0 Å². The van der Waals surface area contributed by atoms with Gasteiger partial charge in [-0.1, -0.05) is 40.0 Å². The van der Waals surface area contributed by atoms with E-state index < -0.39 is 0 Å². The maximum Gasteiger partial charge on any atom is 0.0708 e. The summed E-state index contributed by atoms with van der Waals surface area (Å²) in [7, 11) is 0. The molecule has 20 heavy (non-hydrogen) atoms. The van der Waals surface area contributed by atoms with E-state index in [9.17, 15) is 5.11 Å². The molecule has 1 saturated carbocycles. The van der Waals surface area contributed by atoms with Crippen LogP contribution in [0.1, 0.15) is 72.1 Å². The van der Waals surface area contributed by atoms with Gasteiger partial charge < -0.3 is 15.2 Å². The van der Waals surface area contributed by atoms with Gasteiger partial charge in [-0.15, -0.1) is 0 Å². The molecule has 3 heteroatoms. The van der Waals surface area contributed by atoms with E-state index in [4.69, 9.17) is 4.74 Å². The first-order valence-electron chi connectivity index (χ1n) is 8.47. The average Bonchev–Trinajstić information content (AvgIpc) is 2.77. The minimum Gasteiger partial charge on any atom is -0.396 e. The Morgan fingerprint density at radius 2 is 1.90 bits per heavy atom. The predicted molar refractivity (Wildman–Crippen MR) is 82.9 cm³/mol. The van der Waals surface area contributed by atoms with Crippen molar-refractivity contribution in [2.45, 2.75) is 89.9 Å². The Morgan fingerprint density at radius 1 is 1.20 bits per heavy atom. The second kappa shape index (κ2) is 6.76. The summed E-state index contributed by atoms with van der Waals surface area (Å²) in [6.07, 6.45) is 10.2. The minimum absolute atomic E-state index is 0.184. The maximum absolute atomic E-state index is 9.22. The normalized spacial score (nSPS) is 27.9. The summed E-state index contributed by atoms with van der Waals surface area (Å²) in [6.45, 7) is 7.89. The van der Waals surface area contributed by atoms with E-state index in [0.717, 1.165) is 13.0 Å². The summed E-state index contributed by atoms with van der Waals surface area (Å²) < 4.78 is 6.41. The number of ether oxygens (including phenoxy) is 1. The highest BCUT2D eigenvalue weighted by Gasteiger charge is 2.40. The van der Waals surface area contributed by atoms with Crippen LogP contribution in [0.2, 0.25) is 0 Å². The summed E-state index contributed by atoms with van der Waals surface area (Å²) in [5, 5.41) is 12.9. The Balaban J connectivity index is 1.79. The smallest absolute Gasteiger partial charge is 0.0708 e. The highest BCUT2D eigenvalue weighted by Crippen LogP contribution is 2.41. The van der Waals surface area contributed by atoms with E-state index >= 15 is 0 Å². The molecule has 2 unspecified atom stereocenters. The van der Waals surface area contributed by atoms with Crippen LogP contribution < -0.4 is 5.32 Å². The summed E-state index contributed by atoms with van der Waals surface area (Å²) >= 11 is 0. The molecule has 1 saturated heterocycles. The Morgan fingerprint density at radius 3 is 2.50 bits per heavy atom. The summed E-state index contributed by atoms with van der Waals surface area (Å²) in [5.41, 5.74) is 0.405. The van der Waals surface area contributed by atoms with Gasteiger partial charge in [0, 0.05) is 19.2 Å². The van der Waals surface area contributed by atoms with Gasteiger partial charge in [-0.05, 0) is 37.5 Å². The third-order valence-corrected chi connectivity index (χ3v) is 5.16. The molecule has 1 heterocycles. The molecule has 0 aromatic rings. The molecule has 1 spiro atoms. The number of rotatable bonds is 5. The Bertz CT molecular complexity index is 292. The fourth-order valence-corrected chi connectivity index (χ4v) is 3.85. The van der Waals surface area contributed by atoms with Crippen LogP contribution >= 0.6 is 0 Å². The molecule has 2 atom stereocenters. The lowest BCUT2D eigenvalue weighted by Crippen LogP contribution is -2.44. The summed E-state index contributed by atoms with van der Waals surface area (Å²) in [5.74, 6) is 0. The van der Waals surface area contributed by atoms with Crippen molar-refractivity contribution in [1.29, 1.82) is 0 Å². The van der Waals surface area contributed by atoms with Crippen molar-refractivity contribution in [1.82, 2.24) is 5.32 Å². The van der Waals surface area contributed by atoms with Gasteiger partial charge in [0.1, 0.15) is 0 Å². The fraction of sp³-hybridized carbons (Fsp3) is 1.00. The lowest BCUT2D eigenvalue weighted by atomic mass is 9.83. The molecular formula is C17H33NO2. The number of aliphatic hydroxyl groups is 1. The number of aliphatic hydroxyl groups excluding tert-OH is 1. The van der Waals surface area contributed by atoms with Gasteiger partial charge in [0.25, 0.3) is 0 Å². The van der Waals surface area contributed by atoms with Gasteiger partial charge in [-0.3, -0.25) is 0 Å². The van der Waals surface area contributed by atoms with Crippen LogP contribution in [0, 0.1) is 5.41 Å². The molecule has 0 aromatic heterocycles. The number of nitrogens with one attached hydrogen (secondary N) is 1. The minimum atomic E-state index is 0.184. The lowest BCUT2D eigenvalue weighted by Gasteiger charge is -2.35. The monoisotopic (exact) mass is 283 g/mol. The van der Waals surface area contributed by atoms with Crippen LogP contribution in [0.4, 0.5) is 0 Å². The molecule has 0 bridgehead atoms. The zero-order valence-corrected chi connectivity index (χ0v) is 13.6. The standard InChI is InChI=1S/C17H33NO2/c1-16(2,3)15(8-12-19)18-13-14-7-11-17(20-14)9-5-4-6-10-17/h14-15,18-19H,4-13H2,1-3H3. The third-order valence-electron chi connectivity index (χ3n) is 5.16. The highest BCUT2D eigenvalue weighted by molar-refractivity contribution is 4.92. The van der Waals surface area contributed by atoms with E-state index in [2.05, 4.69) is 26.1 Å². The van der Waals surface area contributed by atoms with Crippen LogP contribution in [0.3, 0.4) is 0 Å². The molecule has 2 fully saturated rings. The number of hydrogen-bond acceptors (Lipinski definition) is 3. The fourth-order valence-electron chi connectivity index (χ4n) is 3.85. The average molecular weight is 283 g/mol. The Labute approximate surface area is 124 Å². The SMILES string of the molecule is CC(C)(C)C(CCO)NCC1CCC2(CCCCC2)O1. The topological polar surface area (TPSA) is 41.5 Å². The van der Waals surface area contributed by atoms with Gasteiger partial charge >= 0.3 is 0 Å². The molecule has 118 valence electrons. The third kappa shape index (κ3) is 4.19. The zero-order chi connectivity index (χ0) is 14.6. The van der Waals surface area contributed by atoms with Crippen molar-refractivity contribution in [3.63, 3.8) is 0 Å². The van der Waals surface area contributed by atoms with Crippen molar-refractivity contribution in [3.8, 4) is 0 Å². The second-order valence-electron chi connectivity index (χ2n) is 7.86. The second-order valence-corrected chi connectivity index (χ2v) is 7.86. The molecular weight excluding hydrogens is 250 g/mol. The van der Waals surface area contributed by atoms with Gasteiger partial charge in [0.05, 0.1) is 11.7 Å². The van der Waals surface area contributed by atoms with Crippen LogP contribution in [0.25, 0.3) is 0 Å². The van der Waals surface area contributed by atoms with Gasteiger partial charge in [0.15, 0.2) is 0 Å². The first kappa shape index (κ1) is 16.3. The molecule has 3 nitrogen and oxygen atoms in total. The van der Waals surface area contributed by atoms with Gasteiger partial charge in [-0.25, -0.2) is 0 Å². The van der Waals surface area contributed by atoms with Crippen molar-refractivity contribution in [3.05, 3.63) is 0 Å². The first-order chi connectivity index (χ1) is 9.45. The van der Waals surface area contributed by atoms with E-state index in [1.807, 2.05) is 0 Å². The molecule has 1 aliphatic carbocycles. The molecule has 2 N–H and O–H groups in total. The van der Waals surface area contributed by atoms with Crippen molar-refractivity contribution >= 4 is 0 Å². The summed E-state index contributed by atoms with van der Waals surface area (Å²) in [6, 6.07) is 0.360. The number of hydrogen-bond donors (Lipinski definition) is 2. The molecule has 0 aromatic carbocycles. The van der Waals surface area contributed by atoms with Gasteiger partial charge in [-0.2, -0.15) is 0 Å². The van der Waals surface area contributed by atoms with Crippen LogP contribution in [-0.4, -0.2) is 36.0 Å². The Kier molecular flexibility index (Phi) is 5.49.